The molecule has 1 aliphatic heterocycles. The molecule has 0 spiro atoms. The lowest BCUT2D eigenvalue weighted by Crippen LogP contribution is -2.31. The lowest BCUT2D eigenvalue weighted by molar-refractivity contribution is 0.152. The Hall–Kier alpha value is -1.65. The fourth-order valence-electron chi connectivity index (χ4n) is 2.98. The highest BCUT2D eigenvalue weighted by molar-refractivity contribution is 5.54. The van der Waals surface area contributed by atoms with Crippen LogP contribution in [0.2, 0.25) is 0 Å². The van der Waals surface area contributed by atoms with Crippen LogP contribution in [0.15, 0.2) is 28.7 Å². The minimum Gasteiger partial charge on any atom is -0.441 e. The SMILES string of the molecule is Cc1cccc(-c2nc(CN3CCC[C@H]3CO)c(C)o2)c1. The molecule has 1 aromatic carbocycles. The molecule has 1 N–H and O–H groups in total. The molecule has 0 radical (unpaired) electrons. The van der Waals surface area contributed by atoms with E-state index in [9.17, 15) is 5.11 Å². The van der Waals surface area contributed by atoms with Gasteiger partial charge in [0.05, 0.1) is 12.3 Å². The molecular formula is C17H22N2O2. The summed E-state index contributed by atoms with van der Waals surface area (Å²) in [5, 5.41) is 9.41. The molecule has 1 fully saturated rings. The lowest BCUT2D eigenvalue weighted by Gasteiger charge is -2.21. The van der Waals surface area contributed by atoms with Gasteiger partial charge in [-0.25, -0.2) is 4.98 Å². The maximum atomic E-state index is 9.41. The quantitative estimate of drug-likeness (QED) is 0.939. The number of rotatable bonds is 4. The van der Waals surface area contributed by atoms with Crippen molar-refractivity contribution in [2.75, 3.05) is 13.2 Å². The third-order valence-corrected chi connectivity index (χ3v) is 4.22. The first-order chi connectivity index (χ1) is 10.2. The third kappa shape index (κ3) is 3.01. The Labute approximate surface area is 125 Å². The van der Waals surface area contributed by atoms with Crippen molar-refractivity contribution in [1.82, 2.24) is 9.88 Å². The number of benzene rings is 1. The van der Waals surface area contributed by atoms with Gasteiger partial charge in [-0.2, -0.15) is 0 Å². The Balaban J connectivity index is 1.81. The molecule has 1 atom stereocenters. The van der Waals surface area contributed by atoms with Gasteiger partial charge in [0.2, 0.25) is 5.89 Å². The molecule has 0 amide bonds. The van der Waals surface area contributed by atoms with E-state index in [1.54, 1.807) is 0 Å². The van der Waals surface area contributed by atoms with Gasteiger partial charge in [0.25, 0.3) is 0 Å². The van der Waals surface area contributed by atoms with Crippen LogP contribution in [-0.4, -0.2) is 34.2 Å². The number of oxazole rings is 1. The molecule has 4 heteroatoms. The second-order valence-corrected chi connectivity index (χ2v) is 5.84. The van der Waals surface area contributed by atoms with Crippen LogP contribution in [-0.2, 0) is 6.54 Å². The number of hydrogen-bond donors (Lipinski definition) is 1. The maximum Gasteiger partial charge on any atom is 0.226 e. The molecule has 0 unspecified atom stereocenters. The zero-order valence-corrected chi connectivity index (χ0v) is 12.7. The highest BCUT2D eigenvalue weighted by Gasteiger charge is 2.25. The van der Waals surface area contributed by atoms with E-state index in [1.807, 2.05) is 19.1 Å². The molecule has 0 aliphatic carbocycles. The normalized spacial score (nSPS) is 19.3. The van der Waals surface area contributed by atoms with E-state index in [0.717, 1.165) is 42.9 Å². The van der Waals surface area contributed by atoms with Gasteiger partial charge in [-0.3, -0.25) is 4.90 Å². The van der Waals surface area contributed by atoms with Crippen molar-refractivity contribution < 1.29 is 9.52 Å². The van der Waals surface area contributed by atoms with Crippen LogP contribution < -0.4 is 0 Å². The van der Waals surface area contributed by atoms with Crippen molar-refractivity contribution in [2.45, 2.75) is 39.3 Å². The summed E-state index contributed by atoms with van der Waals surface area (Å²) in [6.45, 7) is 6.03. The predicted octanol–water partition coefficient (Wildman–Crippen LogP) is 2.92. The van der Waals surface area contributed by atoms with Gasteiger partial charge in [-0.1, -0.05) is 17.7 Å². The Kier molecular flexibility index (Phi) is 4.08. The summed E-state index contributed by atoms with van der Waals surface area (Å²) < 4.78 is 5.83. The van der Waals surface area contributed by atoms with E-state index in [2.05, 4.69) is 28.9 Å². The molecule has 21 heavy (non-hydrogen) atoms. The Morgan fingerprint density at radius 1 is 1.38 bits per heavy atom. The van der Waals surface area contributed by atoms with Gasteiger partial charge in [-0.15, -0.1) is 0 Å². The first-order valence-corrected chi connectivity index (χ1v) is 7.55. The average molecular weight is 286 g/mol. The fraction of sp³-hybridized carbons (Fsp3) is 0.471. The minimum atomic E-state index is 0.224. The molecule has 0 saturated carbocycles. The molecule has 1 aliphatic rings. The second-order valence-electron chi connectivity index (χ2n) is 5.84. The van der Waals surface area contributed by atoms with Gasteiger partial charge in [-0.05, 0) is 45.4 Å². The summed E-state index contributed by atoms with van der Waals surface area (Å²) in [6.07, 6.45) is 2.21. The molecule has 1 saturated heterocycles. The smallest absolute Gasteiger partial charge is 0.226 e. The number of aliphatic hydroxyl groups excluding tert-OH is 1. The maximum absolute atomic E-state index is 9.41. The number of aryl methyl sites for hydroxylation is 2. The van der Waals surface area contributed by atoms with Gasteiger partial charge in [0.1, 0.15) is 5.76 Å². The van der Waals surface area contributed by atoms with Crippen LogP contribution in [0.3, 0.4) is 0 Å². The summed E-state index contributed by atoms with van der Waals surface area (Å²) in [4.78, 5) is 6.96. The first kappa shape index (κ1) is 14.3. The van der Waals surface area contributed by atoms with E-state index < -0.39 is 0 Å². The van der Waals surface area contributed by atoms with E-state index in [0.29, 0.717) is 5.89 Å². The van der Waals surface area contributed by atoms with E-state index in [1.165, 1.54) is 5.56 Å². The summed E-state index contributed by atoms with van der Waals surface area (Å²) >= 11 is 0. The van der Waals surface area contributed by atoms with Gasteiger partial charge >= 0.3 is 0 Å². The largest absolute Gasteiger partial charge is 0.441 e. The molecule has 0 bridgehead atoms. The van der Waals surface area contributed by atoms with Crippen LogP contribution in [0.1, 0.15) is 29.9 Å². The van der Waals surface area contributed by atoms with Crippen molar-refractivity contribution in [3.63, 3.8) is 0 Å². The number of hydrogen-bond acceptors (Lipinski definition) is 4. The summed E-state index contributed by atoms with van der Waals surface area (Å²) in [6, 6.07) is 8.46. The van der Waals surface area contributed by atoms with Crippen molar-refractivity contribution in [1.29, 1.82) is 0 Å². The topological polar surface area (TPSA) is 49.5 Å². The van der Waals surface area contributed by atoms with E-state index in [-0.39, 0.29) is 12.6 Å². The predicted molar refractivity (Wildman–Crippen MR) is 81.9 cm³/mol. The molecule has 112 valence electrons. The average Bonchev–Trinajstić information content (AvgIpc) is 3.06. The first-order valence-electron chi connectivity index (χ1n) is 7.55. The zero-order chi connectivity index (χ0) is 14.8. The van der Waals surface area contributed by atoms with E-state index in [4.69, 9.17) is 4.42 Å². The van der Waals surface area contributed by atoms with E-state index >= 15 is 0 Å². The highest BCUT2D eigenvalue weighted by Crippen LogP contribution is 2.25. The Bertz CT molecular complexity index is 621. The lowest BCUT2D eigenvalue weighted by atomic mass is 10.1. The highest BCUT2D eigenvalue weighted by atomic mass is 16.4. The molecular weight excluding hydrogens is 264 g/mol. The van der Waals surface area contributed by atoms with Gasteiger partial charge in [0, 0.05) is 18.2 Å². The number of aromatic nitrogens is 1. The van der Waals surface area contributed by atoms with Crippen LogP contribution in [0.25, 0.3) is 11.5 Å². The molecule has 4 nitrogen and oxygen atoms in total. The monoisotopic (exact) mass is 286 g/mol. The summed E-state index contributed by atoms with van der Waals surface area (Å²) in [7, 11) is 0. The van der Waals surface area contributed by atoms with Crippen LogP contribution >= 0.6 is 0 Å². The molecule has 1 aromatic heterocycles. The third-order valence-electron chi connectivity index (χ3n) is 4.22. The minimum absolute atomic E-state index is 0.224. The molecule has 3 rings (SSSR count). The van der Waals surface area contributed by atoms with Crippen LogP contribution in [0, 0.1) is 13.8 Å². The molecule has 2 heterocycles. The van der Waals surface area contributed by atoms with Crippen LogP contribution in [0.4, 0.5) is 0 Å². The molecule has 2 aromatic rings. The fourth-order valence-corrected chi connectivity index (χ4v) is 2.98. The van der Waals surface area contributed by atoms with Gasteiger partial charge < -0.3 is 9.52 Å². The summed E-state index contributed by atoms with van der Waals surface area (Å²) in [5.74, 6) is 1.56. The summed E-state index contributed by atoms with van der Waals surface area (Å²) in [5.41, 5.74) is 3.20. The second kappa shape index (κ2) is 6.00. The number of nitrogens with zero attached hydrogens (tertiary/aromatic N) is 2. The van der Waals surface area contributed by atoms with Crippen LogP contribution in [0.5, 0.6) is 0 Å². The van der Waals surface area contributed by atoms with Crippen molar-refractivity contribution >= 4 is 0 Å². The zero-order valence-electron chi connectivity index (χ0n) is 12.7. The Morgan fingerprint density at radius 3 is 3.00 bits per heavy atom. The number of likely N-dealkylation sites (tertiary alicyclic amines) is 1. The van der Waals surface area contributed by atoms with Crippen molar-refractivity contribution in [2.24, 2.45) is 0 Å². The van der Waals surface area contributed by atoms with Crippen molar-refractivity contribution in [3.05, 3.63) is 41.3 Å². The van der Waals surface area contributed by atoms with Gasteiger partial charge in [0.15, 0.2) is 0 Å². The Morgan fingerprint density at radius 2 is 2.24 bits per heavy atom. The standard InChI is InChI=1S/C17H22N2O2/c1-12-5-3-6-14(9-12)17-18-16(13(2)21-17)10-19-8-4-7-15(19)11-20/h3,5-6,9,15,20H,4,7-8,10-11H2,1-2H3/t15-/m0/s1. The number of aliphatic hydroxyl groups is 1. The van der Waals surface area contributed by atoms with Crippen molar-refractivity contribution in [3.8, 4) is 11.5 Å².